The van der Waals surface area contributed by atoms with Crippen LogP contribution >= 0.6 is 0 Å². The highest BCUT2D eigenvalue weighted by Gasteiger charge is 2.31. The number of piperazine rings is 1. The number of alkyl halides is 3. The molecule has 3 N–H and O–H groups in total. The Morgan fingerprint density at radius 1 is 1.10 bits per heavy atom. The summed E-state index contributed by atoms with van der Waals surface area (Å²) in [5.74, 6) is 0.831. The van der Waals surface area contributed by atoms with E-state index in [2.05, 4.69) is 25.1 Å². The number of halogens is 3. The predicted molar refractivity (Wildman–Crippen MR) is 146 cm³/mol. The van der Waals surface area contributed by atoms with Gasteiger partial charge < -0.3 is 20.7 Å². The summed E-state index contributed by atoms with van der Waals surface area (Å²) in [6.07, 6.45) is -2.85. The molecule has 0 bridgehead atoms. The summed E-state index contributed by atoms with van der Waals surface area (Å²) >= 11 is 0. The smallest absolute Gasteiger partial charge is 0.381 e. The first kappa shape index (κ1) is 28.0. The molecule has 212 valence electrons. The van der Waals surface area contributed by atoms with Gasteiger partial charge in [0.05, 0.1) is 24.8 Å². The fraction of sp³-hybridized carbons (Fsp3) is 0.414. The molecule has 0 spiro atoms. The molecule has 1 aromatic heterocycles. The zero-order chi connectivity index (χ0) is 28.3. The molecule has 2 aromatic carbocycles. The van der Waals surface area contributed by atoms with Crippen molar-refractivity contribution in [2.75, 3.05) is 50.8 Å². The zero-order valence-electron chi connectivity index (χ0n) is 22.3. The van der Waals surface area contributed by atoms with E-state index >= 15 is 0 Å². The van der Waals surface area contributed by atoms with Crippen LogP contribution in [0.15, 0.2) is 54.7 Å². The second-order valence-corrected chi connectivity index (χ2v) is 10.3. The first-order valence-corrected chi connectivity index (χ1v) is 13.4. The van der Waals surface area contributed by atoms with Crippen LogP contribution < -0.4 is 16.0 Å². The Labute approximate surface area is 231 Å². The molecule has 2 aliphatic heterocycles. The number of hydrogen-bond acceptors (Lipinski definition) is 7. The van der Waals surface area contributed by atoms with Gasteiger partial charge in [-0.05, 0) is 47.4 Å². The van der Waals surface area contributed by atoms with Gasteiger partial charge in [0.2, 0.25) is 5.95 Å². The highest BCUT2D eigenvalue weighted by Crippen LogP contribution is 2.34. The summed E-state index contributed by atoms with van der Waals surface area (Å²) in [5, 5.41) is 2.96. The number of hydrogen-bond donors (Lipinski definition) is 2. The van der Waals surface area contributed by atoms with Gasteiger partial charge in [0.25, 0.3) is 5.91 Å². The first-order valence-electron chi connectivity index (χ1n) is 13.4. The van der Waals surface area contributed by atoms with E-state index in [1.807, 2.05) is 6.92 Å². The molecule has 0 saturated carbocycles. The van der Waals surface area contributed by atoms with E-state index in [4.69, 9.17) is 10.5 Å². The topological polar surface area (TPSA) is 96.6 Å². The van der Waals surface area contributed by atoms with Crippen molar-refractivity contribution in [1.82, 2.24) is 20.2 Å². The minimum absolute atomic E-state index is 0.119. The van der Waals surface area contributed by atoms with Gasteiger partial charge in [-0.25, -0.2) is 9.97 Å². The Bertz CT molecular complexity index is 1320. The van der Waals surface area contributed by atoms with Crippen LogP contribution in [0.4, 0.5) is 19.1 Å². The molecular weight excluding hydrogens is 521 g/mol. The monoisotopic (exact) mass is 554 g/mol. The van der Waals surface area contributed by atoms with E-state index in [9.17, 15) is 18.0 Å². The molecule has 40 heavy (non-hydrogen) atoms. The van der Waals surface area contributed by atoms with Crippen LogP contribution in [0.2, 0.25) is 0 Å². The van der Waals surface area contributed by atoms with Crippen molar-refractivity contribution in [2.45, 2.75) is 25.7 Å². The second kappa shape index (κ2) is 11.9. The summed E-state index contributed by atoms with van der Waals surface area (Å²) in [7, 11) is 0. The van der Waals surface area contributed by atoms with Gasteiger partial charge in [-0.15, -0.1) is 0 Å². The lowest BCUT2D eigenvalue weighted by Crippen LogP contribution is -2.50. The van der Waals surface area contributed by atoms with Crippen LogP contribution in [-0.4, -0.2) is 66.7 Å². The van der Waals surface area contributed by atoms with E-state index in [1.165, 1.54) is 6.07 Å². The number of nitrogens with zero attached hydrogens (tertiary/aromatic N) is 4. The van der Waals surface area contributed by atoms with E-state index in [1.54, 1.807) is 36.5 Å². The Hall–Kier alpha value is -3.54. The maximum absolute atomic E-state index is 13.3. The number of anilines is 1. The van der Waals surface area contributed by atoms with Gasteiger partial charge in [0.1, 0.15) is 5.69 Å². The molecule has 2 aliphatic rings. The number of nitrogens with one attached hydrogen (secondary N) is 1. The summed E-state index contributed by atoms with van der Waals surface area (Å²) in [6, 6.07) is 11.9. The molecule has 3 aromatic rings. The second-order valence-electron chi connectivity index (χ2n) is 10.3. The standard InChI is InChI=1S/C29H33F3N6O2/c1-19(21-2-4-22(5-3-21)25-14-24(29(30,31)32)7-6-23(25)15-33)35-27(39)26-8-9-34-28(36-26)38-12-10-37(11-13-38)16-20-17-40-18-20/h2-9,14,19-20H,10-13,15-18,33H2,1H3,(H,35,39)/t19-/m1/s1. The third-order valence-corrected chi connectivity index (χ3v) is 7.48. The number of ether oxygens (including phenoxy) is 1. The van der Waals surface area contributed by atoms with Crippen molar-refractivity contribution in [1.29, 1.82) is 0 Å². The van der Waals surface area contributed by atoms with Crippen molar-refractivity contribution in [3.05, 3.63) is 77.1 Å². The molecular formula is C29H33F3N6O2. The number of carbonyl (C=O) groups is 1. The molecule has 5 rings (SSSR count). The van der Waals surface area contributed by atoms with Gasteiger partial charge >= 0.3 is 6.18 Å². The SMILES string of the molecule is C[C@@H](NC(=O)c1ccnc(N2CCN(CC3COC3)CC2)n1)c1ccc(-c2cc(C(F)(F)F)ccc2CN)cc1. The fourth-order valence-corrected chi connectivity index (χ4v) is 5.02. The number of benzene rings is 2. The molecule has 8 nitrogen and oxygen atoms in total. The first-order chi connectivity index (χ1) is 19.2. The lowest BCUT2D eigenvalue weighted by Gasteiger charge is -2.38. The van der Waals surface area contributed by atoms with Crippen LogP contribution in [0.5, 0.6) is 0 Å². The zero-order valence-corrected chi connectivity index (χ0v) is 22.3. The highest BCUT2D eigenvalue weighted by atomic mass is 19.4. The summed E-state index contributed by atoms with van der Waals surface area (Å²) in [6.45, 7) is 8.10. The van der Waals surface area contributed by atoms with Crippen molar-refractivity contribution < 1.29 is 22.7 Å². The van der Waals surface area contributed by atoms with Crippen LogP contribution in [0.1, 0.15) is 40.1 Å². The molecule has 0 radical (unpaired) electrons. The molecule has 0 aliphatic carbocycles. The maximum atomic E-state index is 13.3. The molecule has 1 atom stereocenters. The van der Waals surface area contributed by atoms with E-state index in [0.717, 1.165) is 63.6 Å². The average Bonchev–Trinajstić information content (AvgIpc) is 2.94. The third kappa shape index (κ3) is 6.43. The summed E-state index contributed by atoms with van der Waals surface area (Å²) in [4.78, 5) is 26.4. The van der Waals surface area contributed by atoms with Gasteiger partial charge in [-0.1, -0.05) is 30.3 Å². The Morgan fingerprint density at radius 3 is 2.45 bits per heavy atom. The number of amides is 1. The summed E-state index contributed by atoms with van der Waals surface area (Å²) in [5.41, 5.74) is 7.82. The Kier molecular flexibility index (Phi) is 8.34. The largest absolute Gasteiger partial charge is 0.416 e. The van der Waals surface area contributed by atoms with Crippen molar-refractivity contribution in [3.8, 4) is 11.1 Å². The van der Waals surface area contributed by atoms with Crippen molar-refractivity contribution >= 4 is 11.9 Å². The lowest BCUT2D eigenvalue weighted by atomic mass is 9.95. The molecule has 3 heterocycles. The minimum atomic E-state index is -4.44. The molecule has 1 amide bonds. The highest BCUT2D eigenvalue weighted by molar-refractivity contribution is 5.92. The molecule has 0 unspecified atom stereocenters. The average molecular weight is 555 g/mol. The van der Waals surface area contributed by atoms with Crippen LogP contribution in [0, 0.1) is 5.92 Å². The number of carbonyl (C=O) groups excluding carboxylic acids is 1. The van der Waals surface area contributed by atoms with E-state index in [-0.39, 0.29) is 24.2 Å². The van der Waals surface area contributed by atoms with Gasteiger partial charge in [0.15, 0.2) is 0 Å². The van der Waals surface area contributed by atoms with E-state index in [0.29, 0.717) is 28.6 Å². The molecule has 2 saturated heterocycles. The maximum Gasteiger partial charge on any atom is 0.416 e. The summed E-state index contributed by atoms with van der Waals surface area (Å²) < 4.78 is 45.1. The fourth-order valence-electron chi connectivity index (χ4n) is 5.02. The van der Waals surface area contributed by atoms with Crippen LogP contribution in [-0.2, 0) is 17.5 Å². The third-order valence-electron chi connectivity index (χ3n) is 7.48. The van der Waals surface area contributed by atoms with Crippen molar-refractivity contribution in [3.63, 3.8) is 0 Å². The predicted octanol–water partition coefficient (Wildman–Crippen LogP) is 3.88. The minimum Gasteiger partial charge on any atom is -0.381 e. The van der Waals surface area contributed by atoms with Crippen molar-refractivity contribution in [2.24, 2.45) is 11.7 Å². The quantitative estimate of drug-likeness (QED) is 0.436. The molecule has 2 fully saturated rings. The van der Waals surface area contributed by atoms with Crippen LogP contribution in [0.3, 0.4) is 0 Å². The van der Waals surface area contributed by atoms with Gasteiger partial charge in [0, 0.05) is 51.4 Å². The number of aromatic nitrogens is 2. The Morgan fingerprint density at radius 2 is 1.82 bits per heavy atom. The normalized spacial score (nSPS) is 17.4. The van der Waals surface area contributed by atoms with Crippen LogP contribution in [0.25, 0.3) is 11.1 Å². The lowest BCUT2D eigenvalue weighted by molar-refractivity contribution is -0.137. The van der Waals surface area contributed by atoms with Gasteiger partial charge in [-0.3, -0.25) is 9.69 Å². The number of nitrogens with two attached hydrogens (primary N) is 1. The number of rotatable bonds is 8. The van der Waals surface area contributed by atoms with Gasteiger partial charge in [-0.2, -0.15) is 13.2 Å². The van der Waals surface area contributed by atoms with E-state index < -0.39 is 11.7 Å². The molecule has 11 heteroatoms. The Balaban J connectivity index is 1.21.